The lowest BCUT2D eigenvalue weighted by Crippen LogP contribution is -2.31. The molecule has 1 aliphatic carbocycles. The average molecular weight is 429 g/mol. The summed E-state index contributed by atoms with van der Waals surface area (Å²) < 4.78 is 0. The van der Waals surface area contributed by atoms with E-state index < -0.39 is 0 Å². The van der Waals surface area contributed by atoms with Crippen molar-refractivity contribution in [2.24, 2.45) is 0 Å². The van der Waals surface area contributed by atoms with Crippen LogP contribution in [0.1, 0.15) is 61.1 Å². The van der Waals surface area contributed by atoms with Crippen molar-refractivity contribution in [3.63, 3.8) is 0 Å². The second-order valence-corrected chi connectivity index (χ2v) is 10.3. The molecule has 3 amide bonds. The molecule has 2 aromatic rings. The number of benzene rings is 2. The lowest BCUT2D eigenvalue weighted by atomic mass is 9.67. The van der Waals surface area contributed by atoms with Crippen LogP contribution in [0.4, 0.5) is 4.79 Å². The molecule has 2 aliphatic rings. The lowest BCUT2D eigenvalue weighted by molar-refractivity contribution is -0.125. The first-order chi connectivity index (χ1) is 14.9. The quantitative estimate of drug-likeness (QED) is 0.471. The molecular formula is C28H32N2O2. The predicted octanol–water partition coefficient (Wildman–Crippen LogP) is 5.58. The van der Waals surface area contributed by atoms with Crippen LogP contribution in [0.25, 0.3) is 5.57 Å². The smallest absolute Gasteiger partial charge is 0.318 e. The molecule has 0 unspecified atom stereocenters. The van der Waals surface area contributed by atoms with Gasteiger partial charge in [0.15, 0.2) is 0 Å². The number of urea groups is 1. The van der Waals surface area contributed by atoms with Crippen LogP contribution in [-0.4, -0.2) is 35.3 Å². The minimum Gasteiger partial charge on any atom is -0.318 e. The normalized spacial score (nSPS) is 18.8. The monoisotopic (exact) mass is 428 g/mol. The van der Waals surface area contributed by atoms with E-state index >= 15 is 0 Å². The maximum Gasteiger partial charge on any atom is 0.327 e. The van der Waals surface area contributed by atoms with Crippen molar-refractivity contribution in [2.75, 3.05) is 13.6 Å². The van der Waals surface area contributed by atoms with Gasteiger partial charge in [-0.25, -0.2) is 4.79 Å². The molecule has 0 spiro atoms. The summed E-state index contributed by atoms with van der Waals surface area (Å²) in [6.45, 7) is 16.0. The molecule has 0 atom stereocenters. The van der Waals surface area contributed by atoms with Crippen molar-refractivity contribution in [1.29, 1.82) is 0 Å². The van der Waals surface area contributed by atoms with Crippen LogP contribution in [0.15, 0.2) is 55.1 Å². The number of rotatable bonds is 4. The Kier molecular flexibility index (Phi) is 5.15. The van der Waals surface area contributed by atoms with E-state index in [4.69, 9.17) is 0 Å². The van der Waals surface area contributed by atoms with Crippen molar-refractivity contribution in [2.45, 2.75) is 52.0 Å². The second-order valence-electron chi connectivity index (χ2n) is 10.3. The van der Waals surface area contributed by atoms with Crippen molar-refractivity contribution < 1.29 is 9.59 Å². The van der Waals surface area contributed by atoms with E-state index in [1.54, 1.807) is 7.05 Å². The first-order valence-corrected chi connectivity index (χ1v) is 11.1. The Morgan fingerprint density at radius 2 is 1.53 bits per heavy atom. The summed E-state index contributed by atoms with van der Waals surface area (Å²) in [4.78, 5) is 26.9. The van der Waals surface area contributed by atoms with Crippen molar-refractivity contribution >= 4 is 17.5 Å². The number of likely N-dealkylation sites (N-methyl/N-ethyl adjacent to an activating group) is 1. The molecule has 1 fully saturated rings. The number of amides is 3. The minimum atomic E-state index is -0.243. The molecule has 1 saturated heterocycles. The van der Waals surface area contributed by atoms with Gasteiger partial charge < -0.3 is 4.90 Å². The molecule has 166 valence electrons. The van der Waals surface area contributed by atoms with Gasteiger partial charge >= 0.3 is 6.03 Å². The van der Waals surface area contributed by atoms with Crippen LogP contribution in [0.5, 0.6) is 0 Å². The fraction of sp³-hybridized carbons (Fsp3) is 0.357. The van der Waals surface area contributed by atoms with Crippen LogP contribution in [0.2, 0.25) is 0 Å². The van der Waals surface area contributed by atoms with Gasteiger partial charge in [0, 0.05) is 17.9 Å². The number of aryl methyl sites for hydroxylation is 1. The zero-order chi connectivity index (χ0) is 23.4. The summed E-state index contributed by atoms with van der Waals surface area (Å²) >= 11 is 0. The lowest BCUT2D eigenvalue weighted by Gasteiger charge is -2.37. The van der Waals surface area contributed by atoms with Gasteiger partial charge in [0.2, 0.25) is 0 Å². The number of carbonyl (C=O) groups excluding carboxylic acids is 2. The molecule has 4 rings (SSSR count). The Balaban J connectivity index is 1.62. The van der Waals surface area contributed by atoms with Gasteiger partial charge in [0.05, 0.1) is 6.54 Å². The number of hydrogen-bond donors (Lipinski definition) is 0. The first-order valence-electron chi connectivity index (χ1n) is 11.1. The maximum atomic E-state index is 12.1. The second kappa shape index (κ2) is 7.47. The first kappa shape index (κ1) is 22.1. The van der Waals surface area contributed by atoms with E-state index in [9.17, 15) is 9.59 Å². The van der Waals surface area contributed by atoms with E-state index in [1.165, 1.54) is 26.5 Å². The molecule has 0 radical (unpaired) electrons. The minimum absolute atomic E-state index is 0.00956. The molecule has 2 aromatic carbocycles. The van der Waals surface area contributed by atoms with E-state index in [1.807, 2.05) is 24.3 Å². The van der Waals surface area contributed by atoms with E-state index in [2.05, 4.69) is 65.5 Å². The SMILES string of the molecule is C=C(c1ccc(CN2C(=O)CN(C)C2=O)cc1)c1cc2c(cc1C)C(C)(C)C=CC2(C)C. The van der Waals surface area contributed by atoms with Crippen LogP contribution < -0.4 is 0 Å². The highest BCUT2D eigenvalue weighted by molar-refractivity contribution is 6.01. The number of fused-ring (bicyclic) bond motifs is 1. The number of allylic oxidation sites excluding steroid dienone is 2. The topological polar surface area (TPSA) is 40.6 Å². The van der Waals surface area contributed by atoms with Crippen LogP contribution in [0, 0.1) is 6.92 Å². The Bertz CT molecular complexity index is 1150. The maximum absolute atomic E-state index is 12.1. The van der Waals surface area contributed by atoms with E-state index in [0.717, 1.165) is 22.3 Å². The van der Waals surface area contributed by atoms with E-state index in [0.29, 0.717) is 6.54 Å². The third-order valence-electron chi connectivity index (χ3n) is 6.87. The summed E-state index contributed by atoms with van der Waals surface area (Å²) in [6.07, 6.45) is 4.62. The van der Waals surface area contributed by atoms with Gasteiger partial charge in [-0.3, -0.25) is 9.69 Å². The molecule has 0 aromatic heterocycles. The highest BCUT2D eigenvalue weighted by Crippen LogP contribution is 2.43. The molecule has 32 heavy (non-hydrogen) atoms. The third kappa shape index (κ3) is 3.68. The zero-order valence-electron chi connectivity index (χ0n) is 20.0. The molecule has 0 saturated carbocycles. The highest BCUT2D eigenvalue weighted by Gasteiger charge is 2.34. The Hall–Kier alpha value is -3.14. The summed E-state index contributed by atoms with van der Waals surface area (Å²) in [5, 5.41) is 0. The fourth-order valence-corrected chi connectivity index (χ4v) is 4.67. The molecule has 0 N–H and O–H groups in total. The van der Waals surface area contributed by atoms with Crippen LogP contribution >= 0.6 is 0 Å². The Morgan fingerprint density at radius 1 is 0.969 bits per heavy atom. The Labute approximate surface area is 191 Å². The van der Waals surface area contributed by atoms with Crippen LogP contribution in [0.3, 0.4) is 0 Å². The fourth-order valence-electron chi connectivity index (χ4n) is 4.67. The van der Waals surface area contributed by atoms with Crippen molar-refractivity contribution in [1.82, 2.24) is 9.80 Å². The van der Waals surface area contributed by atoms with Gasteiger partial charge in [-0.1, -0.05) is 76.8 Å². The number of carbonyl (C=O) groups is 2. The van der Waals surface area contributed by atoms with Gasteiger partial charge in [0.25, 0.3) is 5.91 Å². The molecule has 4 nitrogen and oxygen atoms in total. The molecule has 1 aliphatic heterocycles. The number of nitrogens with zero attached hydrogens (tertiary/aromatic N) is 2. The Morgan fingerprint density at radius 3 is 2.06 bits per heavy atom. The van der Waals surface area contributed by atoms with Crippen molar-refractivity contribution in [3.8, 4) is 0 Å². The van der Waals surface area contributed by atoms with Gasteiger partial charge in [-0.2, -0.15) is 0 Å². The number of hydrogen-bond acceptors (Lipinski definition) is 2. The van der Waals surface area contributed by atoms with Gasteiger partial charge in [0.1, 0.15) is 6.54 Å². The summed E-state index contributed by atoms with van der Waals surface area (Å²) in [6, 6.07) is 12.4. The zero-order valence-corrected chi connectivity index (χ0v) is 20.0. The molecular weight excluding hydrogens is 396 g/mol. The summed E-state index contributed by atoms with van der Waals surface area (Å²) in [5.74, 6) is -0.157. The van der Waals surface area contributed by atoms with Crippen LogP contribution in [-0.2, 0) is 22.2 Å². The van der Waals surface area contributed by atoms with Gasteiger partial charge in [-0.05, 0) is 51.9 Å². The molecule has 4 heteroatoms. The standard InChI is InChI=1S/C28H32N2O2/c1-18-14-23-24(28(5,6)13-12-27(23,3)4)15-22(18)19(2)21-10-8-20(9-11-21)16-30-25(31)17-29(7)26(30)32/h8-15H,2,16-17H2,1,3-7H3. The number of imide groups is 1. The molecule has 0 bridgehead atoms. The highest BCUT2D eigenvalue weighted by atomic mass is 16.2. The van der Waals surface area contributed by atoms with E-state index in [-0.39, 0.29) is 29.3 Å². The third-order valence-corrected chi connectivity index (χ3v) is 6.87. The largest absolute Gasteiger partial charge is 0.327 e. The summed E-state index contributed by atoms with van der Waals surface area (Å²) in [5.41, 5.74) is 8.02. The van der Waals surface area contributed by atoms with Gasteiger partial charge in [-0.15, -0.1) is 0 Å². The summed E-state index contributed by atoms with van der Waals surface area (Å²) in [7, 11) is 1.65. The average Bonchev–Trinajstić information content (AvgIpc) is 2.97. The van der Waals surface area contributed by atoms with Crippen molar-refractivity contribution in [3.05, 3.63) is 88.5 Å². The molecule has 1 heterocycles. The predicted molar refractivity (Wildman–Crippen MR) is 130 cm³/mol.